The number of aromatic amines is 1. The Morgan fingerprint density at radius 2 is 2.25 bits per heavy atom. The van der Waals surface area contributed by atoms with E-state index in [0.29, 0.717) is 4.77 Å². The standard InChI is InChI=1S/C14H18N2OS3/c1-19-8-3-2-7-16-13(17)11-9-5-4-6-10(9)20-12(11)15-14(16)18/h2-8H2,1H3,(H,15,18). The zero-order chi connectivity index (χ0) is 14.1. The number of H-pyrrole nitrogens is 1. The third kappa shape index (κ3) is 2.49. The summed E-state index contributed by atoms with van der Waals surface area (Å²) in [6.07, 6.45) is 7.58. The number of hydrogen-bond donors (Lipinski definition) is 1. The van der Waals surface area contributed by atoms with E-state index in [9.17, 15) is 4.79 Å². The number of hydrogen-bond acceptors (Lipinski definition) is 4. The van der Waals surface area contributed by atoms with Gasteiger partial charge in [0.05, 0.1) is 5.39 Å². The van der Waals surface area contributed by atoms with Crippen LogP contribution in [0, 0.1) is 4.77 Å². The van der Waals surface area contributed by atoms with E-state index in [4.69, 9.17) is 12.2 Å². The number of fused-ring (bicyclic) bond motifs is 3. The molecular formula is C14H18N2OS3. The van der Waals surface area contributed by atoms with Crippen molar-refractivity contribution in [2.24, 2.45) is 0 Å². The fourth-order valence-corrected chi connectivity index (χ4v) is 4.94. The molecule has 0 aromatic carbocycles. The van der Waals surface area contributed by atoms with Gasteiger partial charge in [0.2, 0.25) is 0 Å². The Morgan fingerprint density at radius 1 is 1.40 bits per heavy atom. The molecule has 20 heavy (non-hydrogen) atoms. The zero-order valence-corrected chi connectivity index (χ0v) is 14.0. The van der Waals surface area contributed by atoms with Crippen LogP contribution in [0.5, 0.6) is 0 Å². The fourth-order valence-electron chi connectivity index (χ4n) is 2.83. The van der Waals surface area contributed by atoms with E-state index in [1.165, 1.54) is 16.9 Å². The van der Waals surface area contributed by atoms with E-state index < -0.39 is 0 Å². The first kappa shape index (κ1) is 14.4. The lowest BCUT2D eigenvalue weighted by molar-refractivity contribution is 0.604. The average Bonchev–Trinajstić information content (AvgIpc) is 2.97. The van der Waals surface area contributed by atoms with Crippen LogP contribution < -0.4 is 5.56 Å². The Kier molecular flexibility index (Phi) is 4.33. The van der Waals surface area contributed by atoms with Gasteiger partial charge in [-0.15, -0.1) is 11.3 Å². The molecule has 3 rings (SSSR count). The molecule has 1 aliphatic rings. The van der Waals surface area contributed by atoms with Crippen LogP contribution >= 0.6 is 35.3 Å². The predicted octanol–water partition coefficient (Wildman–Crippen LogP) is 3.75. The minimum atomic E-state index is 0.118. The van der Waals surface area contributed by atoms with E-state index >= 15 is 0 Å². The summed E-state index contributed by atoms with van der Waals surface area (Å²) in [6.45, 7) is 0.731. The van der Waals surface area contributed by atoms with Gasteiger partial charge in [-0.1, -0.05) is 0 Å². The maximum Gasteiger partial charge on any atom is 0.263 e. The molecule has 0 bridgehead atoms. The van der Waals surface area contributed by atoms with Crippen LogP contribution in [0.2, 0.25) is 0 Å². The van der Waals surface area contributed by atoms with Crippen LogP contribution in [0.1, 0.15) is 29.7 Å². The molecule has 3 nitrogen and oxygen atoms in total. The number of nitrogens with one attached hydrogen (secondary N) is 1. The smallest absolute Gasteiger partial charge is 0.263 e. The Hall–Kier alpha value is -0.590. The van der Waals surface area contributed by atoms with E-state index in [1.807, 2.05) is 11.8 Å². The molecule has 1 aliphatic carbocycles. The molecule has 108 valence electrons. The van der Waals surface area contributed by atoms with Crippen LogP contribution in [-0.2, 0) is 19.4 Å². The van der Waals surface area contributed by atoms with E-state index in [1.54, 1.807) is 15.9 Å². The summed E-state index contributed by atoms with van der Waals surface area (Å²) in [5.74, 6) is 1.14. The Bertz CT molecular complexity index is 741. The second-order valence-electron chi connectivity index (χ2n) is 5.15. The minimum Gasteiger partial charge on any atom is -0.323 e. The predicted molar refractivity (Wildman–Crippen MR) is 90.9 cm³/mol. The molecule has 0 aliphatic heterocycles. The Morgan fingerprint density at radius 3 is 3.05 bits per heavy atom. The SMILES string of the molecule is CSCCCCn1c(=S)[nH]c2sc3c(c2c1=O)CCC3. The van der Waals surface area contributed by atoms with Crippen LogP contribution in [0.4, 0.5) is 0 Å². The van der Waals surface area contributed by atoms with Gasteiger partial charge < -0.3 is 4.98 Å². The molecule has 2 aromatic rings. The highest BCUT2D eigenvalue weighted by Gasteiger charge is 2.21. The van der Waals surface area contributed by atoms with Gasteiger partial charge in [-0.05, 0) is 61.9 Å². The summed E-state index contributed by atoms with van der Waals surface area (Å²) >= 11 is 8.92. The van der Waals surface area contributed by atoms with Gasteiger partial charge in [-0.25, -0.2) is 0 Å². The first-order valence-corrected chi connectivity index (χ1v) is 9.60. The summed E-state index contributed by atoms with van der Waals surface area (Å²) in [4.78, 5) is 18.3. The van der Waals surface area contributed by atoms with Crippen LogP contribution in [0.15, 0.2) is 4.79 Å². The number of thioether (sulfide) groups is 1. The van der Waals surface area contributed by atoms with Crippen molar-refractivity contribution in [1.29, 1.82) is 0 Å². The summed E-state index contributed by atoms with van der Waals surface area (Å²) in [6, 6.07) is 0. The maximum absolute atomic E-state index is 12.7. The van der Waals surface area contributed by atoms with Gasteiger partial charge in [0.25, 0.3) is 5.56 Å². The van der Waals surface area contributed by atoms with Crippen molar-refractivity contribution < 1.29 is 0 Å². The second-order valence-corrected chi connectivity index (χ2v) is 7.63. The highest BCUT2D eigenvalue weighted by Crippen LogP contribution is 2.34. The Labute approximate surface area is 131 Å². The number of nitrogens with zero attached hydrogens (tertiary/aromatic N) is 1. The van der Waals surface area contributed by atoms with Crippen molar-refractivity contribution in [2.75, 3.05) is 12.0 Å². The molecule has 0 unspecified atom stereocenters. The quantitative estimate of drug-likeness (QED) is 0.671. The topological polar surface area (TPSA) is 37.8 Å². The number of aryl methyl sites for hydroxylation is 2. The fraction of sp³-hybridized carbons (Fsp3) is 0.571. The van der Waals surface area contributed by atoms with E-state index in [-0.39, 0.29) is 5.56 Å². The average molecular weight is 327 g/mol. The van der Waals surface area contributed by atoms with Crippen molar-refractivity contribution in [1.82, 2.24) is 9.55 Å². The molecule has 0 atom stereocenters. The molecule has 0 spiro atoms. The van der Waals surface area contributed by atoms with Crippen molar-refractivity contribution in [3.63, 3.8) is 0 Å². The van der Waals surface area contributed by atoms with Gasteiger partial charge in [0, 0.05) is 11.4 Å². The molecule has 0 amide bonds. The monoisotopic (exact) mass is 326 g/mol. The molecule has 2 aromatic heterocycles. The van der Waals surface area contributed by atoms with Crippen LogP contribution in [-0.4, -0.2) is 21.6 Å². The summed E-state index contributed by atoms with van der Waals surface area (Å²) in [5, 5.41) is 0.904. The Balaban J connectivity index is 2.00. The molecule has 0 fully saturated rings. The minimum absolute atomic E-state index is 0.118. The highest BCUT2D eigenvalue weighted by atomic mass is 32.2. The van der Waals surface area contributed by atoms with Crippen molar-refractivity contribution in [3.05, 3.63) is 25.6 Å². The van der Waals surface area contributed by atoms with Crippen LogP contribution in [0.3, 0.4) is 0 Å². The van der Waals surface area contributed by atoms with E-state index in [0.717, 1.165) is 48.2 Å². The van der Waals surface area contributed by atoms with Gasteiger partial charge in [-0.3, -0.25) is 9.36 Å². The van der Waals surface area contributed by atoms with Crippen molar-refractivity contribution in [2.45, 2.75) is 38.6 Å². The number of aromatic nitrogens is 2. The number of unbranched alkanes of at least 4 members (excludes halogenated alkanes) is 1. The largest absolute Gasteiger partial charge is 0.323 e. The first-order valence-electron chi connectivity index (χ1n) is 6.98. The molecule has 0 saturated carbocycles. The summed E-state index contributed by atoms with van der Waals surface area (Å²) in [5.41, 5.74) is 1.39. The normalized spacial score (nSPS) is 14.1. The zero-order valence-electron chi connectivity index (χ0n) is 11.5. The molecule has 6 heteroatoms. The second kappa shape index (κ2) is 6.03. The molecule has 0 radical (unpaired) electrons. The molecule has 2 heterocycles. The lowest BCUT2D eigenvalue weighted by Gasteiger charge is -2.06. The number of thiophene rings is 1. The van der Waals surface area contributed by atoms with Gasteiger partial charge in [0.1, 0.15) is 4.83 Å². The van der Waals surface area contributed by atoms with Gasteiger partial charge >= 0.3 is 0 Å². The molecule has 0 saturated heterocycles. The number of rotatable bonds is 5. The highest BCUT2D eigenvalue weighted by molar-refractivity contribution is 7.98. The van der Waals surface area contributed by atoms with Crippen LogP contribution in [0.25, 0.3) is 10.2 Å². The first-order chi connectivity index (χ1) is 9.72. The van der Waals surface area contributed by atoms with Crippen molar-refractivity contribution >= 4 is 45.5 Å². The third-order valence-electron chi connectivity index (χ3n) is 3.83. The van der Waals surface area contributed by atoms with Gasteiger partial charge in [0.15, 0.2) is 4.77 Å². The summed E-state index contributed by atoms with van der Waals surface area (Å²) in [7, 11) is 0. The van der Waals surface area contributed by atoms with E-state index in [2.05, 4.69) is 11.2 Å². The lowest BCUT2D eigenvalue weighted by Crippen LogP contribution is -2.22. The summed E-state index contributed by atoms with van der Waals surface area (Å²) < 4.78 is 2.33. The van der Waals surface area contributed by atoms with Crippen molar-refractivity contribution in [3.8, 4) is 0 Å². The van der Waals surface area contributed by atoms with Gasteiger partial charge in [-0.2, -0.15) is 11.8 Å². The molecule has 1 N–H and O–H groups in total. The lowest BCUT2D eigenvalue weighted by atomic mass is 10.2. The maximum atomic E-state index is 12.7. The molecular weight excluding hydrogens is 308 g/mol. The third-order valence-corrected chi connectivity index (χ3v) is 6.05.